The maximum absolute atomic E-state index is 11.1. The molecular weight excluding hydrogens is 192 g/mol. The second-order valence-corrected chi connectivity index (χ2v) is 3.49. The van der Waals surface area contributed by atoms with Gasteiger partial charge in [-0.3, -0.25) is 9.59 Å². The van der Waals surface area contributed by atoms with Gasteiger partial charge in [-0.05, 0) is 13.8 Å². The van der Waals surface area contributed by atoms with E-state index in [1.807, 2.05) is 0 Å². The van der Waals surface area contributed by atoms with Crippen molar-refractivity contribution in [1.82, 2.24) is 9.78 Å². The summed E-state index contributed by atoms with van der Waals surface area (Å²) in [5.74, 6) is -0.435. The third-order valence-corrected chi connectivity index (χ3v) is 2.05. The molecule has 1 aromatic heterocycles. The zero-order valence-electron chi connectivity index (χ0n) is 7.44. The molecule has 0 spiro atoms. The Morgan fingerprint density at radius 3 is 2.85 bits per heavy atom. The lowest BCUT2D eigenvalue weighted by Crippen LogP contribution is -2.22. The van der Waals surface area contributed by atoms with Gasteiger partial charge in [0.25, 0.3) is 0 Å². The van der Waals surface area contributed by atoms with Crippen LogP contribution in [0.1, 0.15) is 11.9 Å². The minimum absolute atomic E-state index is 0.100. The molecule has 1 rings (SSSR count). The van der Waals surface area contributed by atoms with Crippen LogP contribution in [0.2, 0.25) is 0 Å². The van der Waals surface area contributed by atoms with Crippen molar-refractivity contribution in [2.75, 3.05) is 6.61 Å². The van der Waals surface area contributed by atoms with Crippen LogP contribution in [0.3, 0.4) is 0 Å². The molecule has 72 valence electrons. The van der Waals surface area contributed by atoms with Gasteiger partial charge >= 0.3 is 10.8 Å². The van der Waals surface area contributed by atoms with E-state index in [0.717, 1.165) is 16.0 Å². The van der Waals surface area contributed by atoms with Crippen LogP contribution in [-0.2, 0) is 16.1 Å². The van der Waals surface area contributed by atoms with Gasteiger partial charge in [0, 0.05) is 0 Å². The SMILES string of the molecule is CCOC(=O)Cn1nc(C)sc1=O. The maximum Gasteiger partial charge on any atom is 0.327 e. The van der Waals surface area contributed by atoms with Crippen molar-refractivity contribution >= 4 is 17.3 Å². The summed E-state index contributed by atoms with van der Waals surface area (Å²) in [6, 6.07) is 0. The zero-order valence-corrected chi connectivity index (χ0v) is 8.26. The Kier molecular flexibility index (Phi) is 3.18. The number of hydrogen-bond donors (Lipinski definition) is 0. The third-order valence-electron chi connectivity index (χ3n) is 1.29. The summed E-state index contributed by atoms with van der Waals surface area (Å²) >= 11 is 1.02. The minimum Gasteiger partial charge on any atom is -0.465 e. The molecule has 0 unspecified atom stereocenters. The van der Waals surface area contributed by atoms with E-state index in [4.69, 9.17) is 0 Å². The number of rotatable bonds is 3. The molecule has 0 aromatic carbocycles. The molecule has 6 heteroatoms. The molecular formula is C7H10N2O3S. The molecule has 0 bridgehead atoms. The van der Waals surface area contributed by atoms with E-state index >= 15 is 0 Å². The average Bonchev–Trinajstić information content (AvgIpc) is 2.30. The van der Waals surface area contributed by atoms with Crippen molar-refractivity contribution in [3.63, 3.8) is 0 Å². The van der Waals surface area contributed by atoms with E-state index in [9.17, 15) is 9.59 Å². The van der Waals surface area contributed by atoms with E-state index in [1.165, 1.54) is 0 Å². The molecule has 13 heavy (non-hydrogen) atoms. The molecule has 0 saturated heterocycles. The number of hydrogen-bond acceptors (Lipinski definition) is 5. The first-order valence-electron chi connectivity index (χ1n) is 3.83. The first kappa shape index (κ1) is 9.91. The molecule has 0 aliphatic rings. The Hall–Kier alpha value is -1.17. The molecule has 0 N–H and O–H groups in total. The van der Waals surface area contributed by atoms with E-state index < -0.39 is 5.97 Å². The van der Waals surface area contributed by atoms with Crippen LogP contribution >= 0.6 is 11.3 Å². The van der Waals surface area contributed by atoms with Gasteiger partial charge < -0.3 is 4.74 Å². The smallest absolute Gasteiger partial charge is 0.327 e. The summed E-state index contributed by atoms with van der Waals surface area (Å²) in [6.07, 6.45) is 0. The topological polar surface area (TPSA) is 61.2 Å². The van der Waals surface area contributed by atoms with Gasteiger partial charge in [0.15, 0.2) is 0 Å². The average molecular weight is 202 g/mol. The Bertz CT molecular complexity index is 355. The largest absolute Gasteiger partial charge is 0.465 e. The number of aryl methyl sites for hydroxylation is 1. The van der Waals surface area contributed by atoms with Gasteiger partial charge in [-0.2, -0.15) is 5.10 Å². The number of carbonyl (C=O) groups excluding carboxylic acids is 1. The summed E-state index contributed by atoms with van der Waals surface area (Å²) in [5.41, 5.74) is 0. The van der Waals surface area contributed by atoms with Crippen molar-refractivity contribution in [2.45, 2.75) is 20.4 Å². The highest BCUT2D eigenvalue weighted by atomic mass is 32.1. The van der Waals surface area contributed by atoms with E-state index in [2.05, 4.69) is 9.84 Å². The third kappa shape index (κ3) is 2.66. The Labute approximate surface area is 79.0 Å². The van der Waals surface area contributed by atoms with Crippen LogP contribution in [0.25, 0.3) is 0 Å². The highest BCUT2D eigenvalue weighted by Crippen LogP contribution is 1.94. The lowest BCUT2D eigenvalue weighted by Gasteiger charge is -1.99. The first-order chi connectivity index (χ1) is 6.13. The summed E-state index contributed by atoms with van der Waals surface area (Å²) in [5, 5.41) is 4.50. The summed E-state index contributed by atoms with van der Waals surface area (Å²) in [7, 11) is 0. The second kappa shape index (κ2) is 4.18. The molecule has 0 aliphatic heterocycles. The van der Waals surface area contributed by atoms with Gasteiger partial charge in [0.05, 0.1) is 6.61 Å². The van der Waals surface area contributed by atoms with Gasteiger partial charge in [-0.1, -0.05) is 11.3 Å². The fraction of sp³-hybridized carbons (Fsp3) is 0.571. The standard InChI is InChI=1S/C7H10N2O3S/c1-3-12-6(10)4-9-7(11)13-5(2)8-9/h3-4H2,1-2H3. The monoisotopic (exact) mass is 202 g/mol. The highest BCUT2D eigenvalue weighted by Gasteiger charge is 2.08. The molecule has 0 saturated carbocycles. The van der Waals surface area contributed by atoms with Crippen LogP contribution in [0.4, 0.5) is 0 Å². The number of carbonyl (C=O) groups is 1. The maximum atomic E-state index is 11.1. The normalized spacial score (nSPS) is 10.0. The van der Waals surface area contributed by atoms with E-state index in [1.54, 1.807) is 13.8 Å². The van der Waals surface area contributed by atoms with Crippen molar-refractivity contribution < 1.29 is 9.53 Å². The number of aromatic nitrogens is 2. The van der Waals surface area contributed by atoms with E-state index in [0.29, 0.717) is 11.6 Å². The van der Waals surface area contributed by atoms with Crippen LogP contribution < -0.4 is 4.87 Å². The van der Waals surface area contributed by atoms with Crippen molar-refractivity contribution in [3.05, 3.63) is 14.7 Å². The minimum atomic E-state index is -0.435. The lowest BCUT2D eigenvalue weighted by molar-refractivity contribution is -0.144. The van der Waals surface area contributed by atoms with Gasteiger partial charge in [-0.15, -0.1) is 0 Å². The number of esters is 1. The van der Waals surface area contributed by atoms with Gasteiger partial charge in [0.2, 0.25) is 0 Å². The fourth-order valence-corrected chi connectivity index (χ4v) is 1.44. The quantitative estimate of drug-likeness (QED) is 0.656. The predicted molar refractivity (Wildman–Crippen MR) is 47.7 cm³/mol. The van der Waals surface area contributed by atoms with Gasteiger partial charge in [-0.25, -0.2) is 4.68 Å². The molecule has 1 heterocycles. The highest BCUT2D eigenvalue weighted by molar-refractivity contribution is 7.08. The summed E-state index contributed by atoms with van der Waals surface area (Å²) < 4.78 is 5.79. The molecule has 0 atom stereocenters. The predicted octanol–water partition coefficient (Wildman–Crippen LogP) is 0.176. The number of nitrogens with zero attached hydrogens (tertiary/aromatic N) is 2. The molecule has 0 radical (unpaired) electrons. The summed E-state index contributed by atoms with van der Waals surface area (Å²) in [6.45, 7) is 3.65. The second-order valence-electron chi connectivity index (χ2n) is 2.35. The molecule has 5 nitrogen and oxygen atoms in total. The number of ether oxygens (including phenoxy) is 1. The van der Waals surface area contributed by atoms with Crippen LogP contribution in [0.15, 0.2) is 4.79 Å². The van der Waals surface area contributed by atoms with Crippen molar-refractivity contribution in [1.29, 1.82) is 0 Å². The Balaban J connectivity index is 2.69. The van der Waals surface area contributed by atoms with Crippen molar-refractivity contribution in [2.24, 2.45) is 0 Å². The molecule has 0 amide bonds. The molecule has 0 fully saturated rings. The van der Waals surface area contributed by atoms with Crippen LogP contribution in [-0.4, -0.2) is 22.4 Å². The fourth-order valence-electron chi connectivity index (χ4n) is 0.839. The Morgan fingerprint density at radius 2 is 2.38 bits per heavy atom. The molecule has 1 aromatic rings. The first-order valence-corrected chi connectivity index (χ1v) is 4.65. The van der Waals surface area contributed by atoms with Crippen LogP contribution in [0, 0.1) is 6.92 Å². The zero-order chi connectivity index (χ0) is 9.84. The van der Waals surface area contributed by atoms with Gasteiger partial charge in [0.1, 0.15) is 11.6 Å². The van der Waals surface area contributed by atoms with Crippen LogP contribution in [0.5, 0.6) is 0 Å². The Morgan fingerprint density at radius 1 is 1.69 bits per heavy atom. The summed E-state index contributed by atoms with van der Waals surface area (Å²) in [4.78, 5) is 21.8. The van der Waals surface area contributed by atoms with Crippen molar-refractivity contribution in [3.8, 4) is 0 Å². The molecule has 0 aliphatic carbocycles. The lowest BCUT2D eigenvalue weighted by atomic mass is 10.6. The van der Waals surface area contributed by atoms with E-state index in [-0.39, 0.29) is 11.4 Å².